The predicted molar refractivity (Wildman–Crippen MR) is 74.4 cm³/mol. The molecule has 0 saturated carbocycles. The molecule has 0 atom stereocenters. The molecule has 1 aliphatic rings. The summed E-state index contributed by atoms with van der Waals surface area (Å²) >= 11 is 11.7. The van der Waals surface area contributed by atoms with E-state index in [1.807, 2.05) is 0 Å². The minimum atomic E-state index is -1.26. The first kappa shape index (κ1) is 14.7. The summed E-state index contributed by atoms with van der Waals surface area (Å²) < 4.78 is 9.90. The van der Waals surface area contributed by atoms with Crippen molar-refractivity contribution in [3.8, 4) is 0 Å². The first-order chi connectivity index (χ1) is 9.28. The molecule has 1 N–H and O–H groups in total. The Morgan fingerprint density at radius 3 is 2.30 bits per heavy atom. The van der Waals surface area contributed by atoms with Crippen molar-refractivity contribution < 1.29 is 19.1 Å². The van der Waals surface area contributed by atoms with Crippen molar-refractivity contribution in [3.63, 3.8) is 0 Å². The molecule has 7 heteroatoms. The Balaban J connectivity index is 2.19. The number of rotatable bonds is 2. The third kappa shape index (κ3) is 3.23. The van der Waals surface area contributed by atoms with Gasteiger partial charge in [0.1, 0.15) is 0 Å². The average Bonchev–Trinajstić information content (AvgIpc) is 2.28. The molecule has 5 nitrogen and oxygen atoms in total. The lowest BCUT2D eigenvalue weighted by Crippen LogP contribution is -2.42. The lowest BCUT2D eigenvalue weighted by Gasteiger charge is -2.29. The summed E-state index contributed by atoms with van der Waals surface area (Å²) in [5, 5.41) is 3.58. The standard InChI is InChI=1S/C13H11Cl2NO4/c1-13(2)19-11(17)8(12(18)20-13)6-16-10-4-3-7(14)5-9(10)15/h3-6,16H,1-2H3. The van der Waals surface area contributed by atoms with E-state index in [0.717, 1.165) is 0 Å². The zero-order valence-electron chi connectivity index (χ0n) is 10.7. The van der Waals surface area contributed by atoms with Gasteiger partial charge in [-0.3, -0.25) is 0 Å². The predicted octanol–water partition coefficient (Wildman–Crippen LogP) is 3.13. The summed E-state index contributed by atoms with van der Waals surface area (Å²) in [6, 6.07) is 4.77. The van der Waals surface area contributed by atoms with Gasteiger partial charge in [0.25, 0.3) is 5.79 Å². The number of ether oxygens (including phenoxy) is 2. The Morgan fingerprint density at radius 1 is 1.15 bits per heavy atom. The van der Waals surface area contributed by atoms with E-state index >= 15 is 0 Å². The Hall–Kier alpha value is -1.72. The maximum Gasteiger partial charge on any atom is 0.350 e. The second kappa shape index (κ2) is 5.34. The molecule has 2 rings (SSSR count). The second-order valence-corrected chi connectivity index (χ2v) is 5.35. The van der Waals surface area contributed by atoms with Gasteiger partial charge in [0.05, 0.1) is 10.7 Å². The van der Waals surface area contributed by atoms with Gasteiger partial charge < -0.3 is 14.8 Å². The summed E-state index contributed by atoms with van der Waals surface area (Å²) in [5.74, 6) is -2.78. The third-order valence-corrected chi connectivity index (χ3v) is 2.97. The van der Waals surface area contributed by atoms with E-state index in [1.54, 1.807) is 12.1 Å². The van der Waals surface area contributed by atoms with E-state index in [2.05, 4.69) is 5.32 Å². The van der Waals surface area contributed by atoms with Crippen molar-refractivity contribution >= 4 is 40.8 Å². The van der Waals surface area contributed by atoms with Crippen LogP contribution in [0.3, 0.4) is 0 Å². The fourth-order valence-electron chi connectivity index (χ4n) is 1.53. The highest BCUT2D eigenvalue weighted by molar-refractivity contribution is 6.36. The van der Waals surface area contributed by atoms with Crippen LogP contribution in [0.5, 0.6) is 0 Å². The van der Waals surface area contributed by atoms with Crippen LogP contribution in [0, 0.1) is 0 Å². The molecule has 1 saturated heterocycles. The molecular weight excluding hydrogens is 305 g/mol. The topological polar surface area (TPSA) is 64.6 Å². The van der Waals surface area contributed by atoms with Gasteiger partial charge >= 0.3 is 11.9 Å². The number of cyclic esters (lactones) is 2. The molecule has 0 amide bonds. The van der Waals surface area contributed by atoms with E-state index in [4.69, 9.17) is 32.7 Å². The van der Waals surface area contributed by atoms with Gasteiger partial charge in [-0.05, 0) is 18.2 Å². The van der Waals surface area contributed by atoms with Crippen molar-refractivity contribution in [2.45, 2.75) is 19.6 Å². The van der Waals surface area contributed by atoms with Gasteiger partial charge in [-0.15, -0.1) is 0 Å². The van der Waals surface area contributed by atoms with Gasteiger partial charge in [-0.1, -0.05) is 23.2 Å². The van der Waals surface area contributed by atoms with E-state index in [9.17, 15) is 9.59 Å². The Kier molecular flexibility index (Phi) is 3.92. The highest BCUT2D eigenvalue weighted by Gasteiger charge is 2.38. The molecule has 1 fully saturated rings. The van der Waals surface area contributed by atoms with Gasteiger partial charge in [-0.2, -0.15) is 0 Å². The molecule has 0 spiro atoms. The van der Waals surface area contributed by atoms with E-state index < -0.39 is 17.7 Å². The molecule has 0 unspecified atom stereocenters. The van der Waals surface area contributed by atoms with E-state index in [0.29, 0.717) is 15.7 Å². The smallest absolute Gasteiger partial charge is 0.350 e. The first-order valence-electron chi connectivity index (χ1n) is 5.67. The molecule has 1 aromatic rings. The number of hydrogen-bond donors (Lipinski definition) is 1. The number of esters is 2. The monoisotopic (exact) mass is 315 g/mol. The fourth-order valence-corrected chi connectivity index (χ4v) is 2.00. The molecule has 0 radical (unpaired) electrons. The molecule has 0 aromatic heterocycles. The summed E-state index contributed by atoms with van der Waals surface area (Å²) in [5.41, 5.74) is 0.254. The molecule has 1 aromatic carbocycles. The lowest BCUT2D eigenvalue weighted by molar-refractivity contribution is -0.222. The van der Waals surface area contributed by atoms with Crippen molar-refractivity contribution in [2.24, 2.45) is 0 Å². The van der Waals surface area contributed by atoms with Crippen LogP contribution in [0.4, 0.5) is 5.69 Å². The average molecular weight is 316 g/mol. The van der Waals surface area contributed by atoms with Crippen LogP contribution in [0.1, 0.15) is 13.8 Å². The molecule has 0 bridgehead atoms. The van der Waals surface area contributed by atoms with E-state index in [-0.39, 0.29) is 5.57 Å². The maximum atomic E-state index is 11.7. The Labute approximate surface area is 125 Å². The van der Waals surface area contributed by atoms with Crippen molar-refractivity contribution in [2.75, 3.05) is 5.32 Å². The molecule has 20 heavy (non-hydrogen) atoms. The number of anilines is 1. The second-order valence-electron chi connectivity index (χ2n) is 4.51. The van der Waals surface area contributed by atoms with Gasteiger partial charge in [0, 0.05) is 25.1 Å². The lowest BCUT2D eigenvalue weighted by atomic mass is 10.2. The quantitative estimate of drug-likeness (QED) is 0.516. The number of hydrogen-bond acceptors (Lipinski definition) is 5. The molecule has 0 aliphatic carbocycles. The van der Waals surface area contributed by atoms with Crippen LogP contribution < -0.4 is 5.32 Å². The Morgan fingerprint density at radius 2 is 1.75 bits per heavy atom. The van der Waals surface area contributed by atoms with Crippen LogP contribution >= 0.6 is 23.2 Å². The number of halogens is 2. The zero-order valence-corrected chi connectivity index (χ0v) is 12.2. The fraction of sp³-hybridized carbons (Fsp3) is 0.231. The number of carbonyl (C=O) groups is 2. The van der Waals surface area contributed by atoms with E-state index in [1.165, 1.54) is 26.1 Å². The van der Waals surface area contributed by atoms with Gasteiger partial charge in [0.2, 0.25) is 0 Å². The van der Waals surface area contributed by atoms with Crippen molar-refractivity contribution in [1.29, 1.82) is 0 Å². The molecule has 1 heterocycles. The highest BCUT2D eigenvalue weighted by Crippen LogP contribution is 2.27. The largest absolute Gasteiger partial charge is 0.419 e. The minimum absolute atomic E-state index is 0.240. The normalized spacial score (nSPS) is 17.3. The summed E-state index contributed by atoms with van der Waals surface area (Å²) in [6.45, 7) is 2.95. The van der Waals surface area contributed by atoms with Crippen molar-refractivity contribution in [1.82, 2.24) is 0 Å². The molecular formula is C13H11Cl2NO4. The van der Waals surface area contributed by atoms with Crippen LogP contribution in [-0.2, 0) is 19.1 Å². The molecule has 1 aliphatic heterocycles. The molecule has 106 valence electrons. The zero-order chi connectivity index (χ0) is 14.9. The van der Waals surface area contributed by atoms with Crippen molar-refractivity contribution in [3.05, 3.63) is 40.0 Å². The minimum Gasteiger partial charge on any atom is -0.419 e. The summed E-state index contributed by atoms with van der Waals surface area (Å²) in [7, 11) is 0. The SMILES string of the molecule is CC1(C)OC(=O)C(=CNc2ccc(Cl)cc2Cl)C(=O)O1. The first-order valence-corrected chi connectivity index (χ1v) is 6.42. The highest BCUT2D eigenvalue weighted by atomic mass is 35.5. The van der Waals surface area contributed by atoms with Crippen LogP contribution in [0.25, 0.3) is 0 Å². The third-order valence-electron chi connectivity index (χ3n) is 2.42. The van der Waals surface area contributed by atoms with Crippen LogP contribution in [-0.4, -0.2) is 17.7 Å². The van der Waals surface area contributed by atoms with Crippen LogP contribution in [0.15, 0.2) is 30.0 Å². The van der Waals surface area contributed by atoms with Gasteiger partial charge in [-0.25, -0.2) is 9.59 Å². The maximum absolute atomic E-state index is 11.7. The van der Waals surface area contributed by atoms with Crippen LogP contribution in [0.2, 0.25) is 10.0 Å². The summed E-state index contributed by atoms with van der Waals surface area (Å²) in [6.07, 6.45) is 1.19. The number of nitrogens with one attached hydrogen (secondary N) is 1. The number of benzene rings is 1. The Bertz CT molecular complexity index is 588. The summed E-state index contributed by atoms with van der Waals surface area (Å²) in [4.78, 5) is 23.4. The number of carbonyl (C=O) groups excluding carboxylic acids is 2. The van der Waals surface area contributed by atoms with Gasteiger partial charge in [0.15, 0.2) is 5.57 Å².